The van der Waals surface area contributed by atoms with Crippen molar-refractivity contribution in [3.05, 3.63) is 54.1 Å². The van der Waals surface area contributed by atoms with Crippen LogP contribution >= 0.6 is 11.8 Å². The van der Waals surface area contributed by atoms with Crippen molar-refractivity contribution in [3.63, 3.8) is 0 Å². The van der Waals surface area contributed by atoms with Gasteiger partial charge in [-0.3, -0.25) is 0 Å². The second kappa shape index (κ2) is 13.1. The molecule has 0 spiro atoms. The zero-order valence-electron chi connectivity index (χ0n) is 18.4. The van der Waals surface area contributed by atoms with Gasteiger partial charge < -0.3 is 14.8 Å². The fourth-order valence-electron chi connectivity index (χ4n) is 2.81. The third-order valence-corrected chi connectivity index (χ3v) is 6.04. The SMILES string of the molecule is CCCCCSC(CCn1ccnc1)c1ccc(C(C)(C)C)cc1.O=C(O)C(=O)O. The topological polar surface area (TPSA) is 92.4 Å². The summed E-state index contributed by atoms with van der Waals surface area (Å²) in [4.78, 5) is 22.4. The summed E-state index contributed by atoms with van der Waals surface area (Å²) < 4.78 is 2.18. The van der Waals surface area contributed by atoms with Crippen LogP contribution in [-0.4, -0.2) is 37.5 Å². The van der Waals surface area contributed by atoms with Crippen LogP contribution in [0.2, 0.25) is 0 Å². The molecule has 1 aromatic heterocycles. The summed E-state index contributed by atoms with van der Waals surface area (Å²) in [6, 6.07) is 9.30. The Morgan fingerprint density at radius 1 is 1.10 bits per heavy atom. The van der Waals surface area contributed by atoms with Gasteiger partial charge in [-0.1, -0.05) is 64.8 Å². The zero-order valence-corrected chi connectivity index (χ0v) is 19.2. The number of rotatable bonds is 9. The van der Waals surface area contributed by atoms with Crippen LogP contribution in [0.1, 0.15) is 69.8 Å². The van der Waals surface area contributed by atoms with Gasteiger partial charge >= 0.3 is 11.9 Å². The number of benzene rings is 1. The Kier molecular flexibility index (Phi) is 11.3. The molecule has 30 heavy (non-hydrogen) atoms. The van der Waals surface area contributed by atoms with Gasteiger partial charge in [-0.05, 0) is 35.1 Å². The second-order valence-electron chi connectivity index (χ2n) is 8.14. The molecule has 0 radical (unpaired) electrons. The summed E-state index contributed by atoms with van der Waals surface area (Å²) in [5.74, 6) is -2.39. The molecule has 0 bridgehead atoms. The summed E-state index contributed by atoms with van der Waals surface area (Å²) >= 11 is 2.12. The van der Waals surface area contributed by atoms with Gasteiger partial charge in [-0.2, -0.15) is 11.8 Å². The van der Waals surface area contributed by atoms with Gasteiger partial charge in [0.2, 0.25) is 0 Å². The number of aromatic nitrogens is 2. The highest BCUT2D eigenvalue weighted by molar-refractivity contribution is 7.99. The smallest absolute Gasteiger partial charge is 0.414 e. The van der Waals surface area contributed by atoms with E-state index in [9.17, 15) is 0 Å². The van der Waals surface area contributed by atoms with E-state index in [-0.39, 0.29) is 5.41 Å². The molecule has 1 atom stereocenters. The minimum atomic E-state index is -1.82. The Labute approximate surface area is 183 Å². The van der Waals surface area contributed by atoms with Crippen LogP contribution in [0.25, 0.3) is 0 Å². The van der Waals surface area contributed by atoms with Gasteiger partial charge in [0.1, 0.15) is 0 Å². The van der Waals surface area contributed by atoms with Crippen molar-refractivity contribution in [2.45, 2.75) is 70.6 Å². The first-order valence-electron chi connectivity index (χ1n) is 10.3. The Morgan fingerprint density at radius 2 is 1.73 bits per heavy atom. The van der Waals surface area contributed by atoms with Gasteiger partial charge in [0.25, 0.3) is 0 Å². The summed E-state index contributed by atoms with van der Waals surface area (Å²) in [7, 11) is 0. The predicted octanol–water partition coefficient (Wildman–Crippen LogP) is 5.39. The Morgan fingerprint density at radius 3 is 2.20 bits per heavy atom. The first-order valence-corrected chi connectivity index (χ1v) is 11.3. The number of aliphatic carboxylic acids is 2. The molecule has 7 heteroatoms. The maximum absolute atomic E-state index is 9.10. The first kappa shape index (κ1) is 25.8. The Bertz CT molecular complexity index is 741. The highest BCUT2D eigenvalue weighted by Crippen LogP contribution is 2.34. The molecule has 1 unspecified atom stereocenters. The van der Waals surface area contributed by atoms with Crippen molar-refractivity contribution in [2.75, 3.05) is 5.75 Å². The zero-order chi connectivity index (χ0) is 22.6. The molecule has 2 N–H and O–H groups in total. The van der Waals surface area contributed by atoms with Crippen LogP contribution in [-0.2, 0) is 21.5 Å². The summed E-state index contributed by atoms with van der Waals surface area (Å²) in [6.07, 6.45) is 10.9. The number of carbonyl (C=O) groups is 2. The van der Waals surface area contributed by atoms with Crippen molar-refractivity contribution in [3.8, 4) is 0 Å². The number of aryl methyl sites for hydroxylation is 1. The molecule has 2 rings (SSSR count). The van der Waals surface area contributed by atoms with E-state index >= 15 is 0 Å². The second-order valence-corrected chi connectivity index (χ2v) is 9.45. The lowest BCUT2D eigenvalue weighted by Crippen LogP contribution is -2.11. The number of carboxylic acid groups (broad SMARTS) is 2. The number of hydrogen-bond acceptors (Lipinski definition) is 4. The van der Waals surface area contributed by atoms with Crippen LogP contribution in [0.3, 0.4) is 0 Å². The van der Waals surface area contributed by atoms with Gasteiger partial charge in [0.15, 0.2) is 0 Å². The van der Waals surface area contributed by atoms with E-state index in [1.807, 2.05) is 12.5 Å². The minimum Gasteiger partial charge on any atom is -0.473 e. The van der Waals surface area contributed by atoms with E-state index in [0.29, 0.717) is 5.25 Å². The van der Waals surface area contributed by atoms with Crippen molar-refractivity contribution in [1.29, 1.82) is 0 Å². The standard InChI is InChI=1S/C21H32N2S.C2H2O4/c1-5-6-7-16-24-20(12-14-23-15-13-22-17-23)18-8-10-19(11-9-18)21(2,3)4;3-1(4)2(5)6/h8-11,13,15,17,20H,5-7,12,14,16H2,1-4H3;(H,3,4)(H,5,6). The van der Waals surface area contributed by atoms with Gasteiger partial charge in [0, 0.05) is 24.2 Å². The normalized spacial score (nSPS) is 12.0. The van der Waals surface area contributed by atoms with Crippen molar-refractivity contribution < 1.29 is 19.8 Å². The molecule has 0 aliphatic heterocycles. The molecule has 0 fully saturated rings. The lowest BCUT2D eigenvalue weighted by molar-refractivity contribution is -0.159. The van der Waals surface area contributed by atoms with Crippen LogP contribution < -0.4 is 0 Å². The quantitative estimate of drug-likeness (QED) is 0.406. The average Bonchev–Trinajstić information content (AvgIpc) is 3.21. The largest absolute Gasteiger partial charge is 0.473 e. The van der Waals surface area contributed by atoms with Gasteiger partial charge in [-0.25, -0.2) is 14.6 Å². The third-order valence-electron chi connectivity index (χ3n) is 4.61. The highest BCUT2D eigenvalue weighted by Gasteiger charge is 2.16. The van der Waals surface area contributed by atoms with Crippen LogP contribution in [0.5, 0.6) is 0 Å². The number of carboxylic acids is 2. The van der Waals surface area contributed by atoms with Crippen molar-refractivity contribution in [2.24, 2.45) is 0 Å². The molecule has 6 nitrogen and oxygen atoms in total. The molecule has 1 aromatic carbocycles. The van der Waals surface area contributed by atoms with Crippen LogP contribution in [0, 0.1) is 0 Å². The maximum Gasteiger partial charge on any atom is 0.414 e. The summed E-state index contributed by atoms with van der Waals surface area (Å²) in [6.45, 7) is 10.1. The number of thioether (sulfide) groups is 1. The molecule has 166 valence electrons. The number of nitrogens with zero attached hydrogens (tertiary/aromatic N) is 2. The lowest BCUT2D eigenvalue weighted by atomic mass is 9.86. The molecule has 1 heterocycles. The molecule has 2 aromatic rings. The van der Waals surface area contributed by atoms with Crippen LogP contribution in [0.4, 0.5) is 0 Å². The van der Waals surface area contributed by atoms with Crippen LogP contribution in [0.15, 0.2) is 43.0 Å². The monoisotopic (exact) mass is 434 g/mol. The van der Waals surface area contributed by atoms with E-state index in [0.717, 1.165) is 13.0 Å². The molecule has 0 aliphatic carbocycles. The van der Waals surface area contributed by atoms with E-state index in [2.05, 4.69) is 79.5 Å². The summed E-state index contributed by atoms with van der Waals surface area (Å²) in [5.41, 5.74) is 3.10. The number of hydrogen-bond donors (Lipinski definition) is 2. The molecule has 0 amide bonds. The molecule has 0 saturated carbocycles. The molecule has 0 saturated heterocycles. The Balaban J connectivity index is 0.000000656. The fraction of sp³-hybridized carbons (Fsp3) is 0.522. The van der Waals surface area contributed by atoms with Crippen molar-refractivity contribution in [1.82, 2.24) is 9.55 Å². The van der Waals surface area contributed by atoms with E-state index in [1.165, 1.54) is 36.1 Å². The van der Waals surface area contributed by atoms with Gasteiger partial charge in [0.05, 0.1) is 6.33 Å². The Hall–Kier alpha value is -2.28. The first-order chi connectivity index (χ1) is 14.1. The summed E-state index contributed by atoms with van der Waals surface area (Å²) in [5, 5.41) is 15.4. The van der Waals surface area contributed by atoms with Crippen molar-refractivity contribution >= 4 is 23.7 Å². The third kappa shape index (κ3) is 9.96. The van der Waals surface area contributed by atoms with E-state index in [4.69, 9.17) is 19.8 Å². The number of imidazole rings is 1. The lowest BCUT2D eigenvalue weighted by Gasteiger charge is -2.22. The highest BCUT2D eigenvalue weighted by atomic mass is 32.2. The van der Waals surface area contributed by atoms with E-state index < -0.39 is 11.9 Å². The molecule has 0 aliphatic rings. The van der Waals surface area contributed by atoms with E-state index in [1.54, 1.807) is 0 Å². The maximum atomic E-state index is 9.10. The average molecular weight is 435 g/mol. The fourth-order valence-corrected chi connectivity index (χ4v) is 4.08. The number of unbranched alkanes of at least 4 members (excludes halogenated alkanes) is 2. The van der Waals surface area contributed by atoms with Gasteiger partial charge in [-0.15, -0.1) is 0 Å². The molecular weight excluding hydrogens is 400 g/mol. The predicted molar refractivity (Wildman–Crippen MR) is 122 cm³/mol. The minimum absolute atomic E-state index is 0.221. The molecular formula is C23H34N2O4S.